The second-order valence-corrected chi connectivity index (χ2v) is 6.02. The van der Waals surface area contributed by atoms with E-state index in [0.717, 1.165) is 19.6 Å². The molecule has 1 rings (SSSR count). The first-order valence-electron chi connectivity index (χ1n) is 5.83. The minimum Gasteiger partial charge on any atom is -0.355 e. The Labute approximate surface area is 93.0 Å². The van der Waals surface area contributed by atoms with E-state index >= 15 is 0 Å². The fourth-order valence-electron chi connectivity index (χ4n) is 1.83. The van der Waals surface area contributed by atoms with Gasteiger partial charge in [-0.2, -0.15) is 0 Å². The molecule has 0 saturated carbocycles. The van der Waals surface area contributed by atoms with Crippen molar-refractivity contribution in [2.75, 3.05) is 19.6 Å². The lowest BCUT2D eigenvalue weighted by atomic mass is 9.82. The molecule has 1 saturated heterocycles. The van der Waals surface area contributed by atoms with E-state index < -0.39 is 0 Å². The van der Waals surface area contributed by atoms with E-state index in [4.69, 9.17) is 0 Å². The fraction of sp³-hybridized carbons (Fsp3) is 0.917. The highest BCUT2D eigenvalue weighted by Crippen LogP contribution is 2.24. The maximum absolute atomic E-state index is 11.7. The first kappa shape index (κ1) is 12.5. The molecular formula is C12H24N2O. The average Bonchev–Trinajstić information content (AvgIpc) is 2.14. The van der Waals surface area contributed by atoms with Crippen LogP contribution >= 0.6 is 0 Å². The molecule has 15 heavy (non-hydrogen) atoms. The Morgan fingerprint density at radius 2 is 2.13 bits per heavy atom. The van der Waals surface area contributed by atoms with Crippen LogP contribution in [0.3, 0.4) is 0 Å². The Hall–Kier alpha value is -0.570. The highest BCUT2D eigenvalue weighted by atomic mass is 16.2. The second kappa shape index (κ2) is 4.52. The standard InChI is InChI=1S/C12H24N2O/c1-11(2,3)10(15)14-9-12(4)6-5-7-13-8-12/h13H,5-9H2,1-4H3,(H,14,15). The van der Waals surface area contributed by atoms with Crippen LogP contribution in [-0.4, -0.2) is 25.5 Å². The maximum Gasteiger partial charge on any atom is 0.225 e. The van der Waals surface area contributed by atoms with Crippen LogP contribution in [0.25, 0.3) is 0 Å². The van der Waals surface area contributed by atoms with Crippen LogP contribution in [0.15, 0.2) is 0 Å². The molecule has 1 fully saturated rings. The smallest absolute Gasteiger partial charge is 0.225 e. The fourth-order valence-corrected chi connectivity index (χ4v) is 1.83. The van der Waals surface area contributed by atoms with Gasteiger partial charge < -0.3 is 10.6 Å². The van der Waals surface area contributed by atoms with Crippen molar-refractivity contribution in [3.05, 3.63) is 0 Å². The van der Waals surface area contributed by atoms with E-state index in [-0.39, 0.29) is 16.7 Å². The molecule has 1 aliphatic heterocycles. The van der Waals surface area contributed by atoms with E-state index in [9.17, 15) is 4.79 Å². The van der Waals surface area contributed by atoms with Crippen molar-refractivity contribution in [1.82, 2.24) is 10.6 Å². The molecule has 0 aliphatic carbocycles. The van der Waals surface area contributed by atoms with Gasteiger partial charge in [0.15, 0.2) is 0 Å². The van der Waals surface area contributed by atoms with Crippen molar-refractivity contribution in [2.45, 2.75) is 40.5 Å². The first-order valence-corrected chi connectivity index (χ1v) is 5.83. The van der Waals surface area contributed by atoms with E-state index in [1.54, 1.807) is 0 Å². The number of hydrogen-bond acceptors (Lipinski definition) is 2. The lowest BCUT2D eigenvalue weighted by Gasteiger charge is -2.35. The minimum absolute atomic E-state index is 0.147. The monoisotopic (exact) mass is 212 g/mol. The molecule has 1 heterocycles. The quantitative estimate of drug-likeness (QED) is 0.729. The molecule has 0 radical (unpaired) electrons. The molecule has 0 spiro atoms. The molecule has 0 bridgehead atoms. The minimum atomic E-state index is -0.279. The molecule has 1 atom stereocenters. The Morgan fingerprint density at radius 1 is 1.47 bits per heavy atom. The van der Waals surface area contributed by atoms with Crippen LogP contribution in [0.4, 0.5) is 0 Å². The molecule has 88 valence electrons. The largest absolute Gasteiger partial charge is 0.355 e. The molecular weight excluding hydrogens is 188 g/mol. The Balaban J connectivity index is 2.38. The zero-order chi connectivity index (χ0) is 11.5. The zero-order valence-electron chi connectivity index (χ0n) is 10.4. The normalized spacial score (nSPS) is 27.5. The number of carbonyl (C=O) groups excluding carboxylic acids is 1. The van der Waals surface area contributed by atoms with Crippen molar-refractivity contribution >= 4 is 5.91 Å². The van der Waals surface area contributed by atoms with Gasteiger partial charge in [0.2, 0.25) is 5.91 Å². The average molecular weight is 212 g/mol. The van der Waals surface area contributed by atoms with Gasteiger partial charge in [0.05, 0.1) is 0 Å². The summed E-state index contributed by atoms with van der Waals surface area (Å²) in [6, 6.07) is 0. The summed E-state index contributed by atoms with van der Waals surface area (Å²) in [6.07, 6.45) is 2.41. The molecule has 0 aromatic rings. The maximum atomic E-state index is 11.7. The third-order valence-electron chi connectivity index (χ3n) is 3.04. The van der Waals surface area contributed by atoms with Crippen LogP contribution in [0, 0.1) is 10.8 Å². The second-order valence-electron chi connectivity index (χ2n) is 6.02. The number of hydrogen-bond donors (Lipinski definition) is 2. The third kappa shape index (κ3) is 3.82. The van der Waals surface area contributed by atoms with Crippen molar-refractivity contribution in [1.29, 1.82) is 0 Å². The lowest BCUT2D eigenvalue weighted by molar-refractivity contribution is -0.129. The summed E-state index contributed by atoms with van der Waals surface area (Å²) < 4.78 is 0. The molecule has 0 aromatic carbocycles. The van der Waals surface area contributed by atoms with Crippen molar-refractivity contribution < 1.29 is 4.79 Å². The molecule has 3 nitrogen and oxygen atoms in total. The SMILES string of the molecule is CC1(CNC(=O)C(C)(C)C)CCCNC1. The summed E-state index contributed by atoms with van der Waals surface area (Å²) in [4.78, 5) is 11.7. The van der Waals surface area contributed by atoms with Gasteiger partial charge in [-0.25, -0.2) is 0 Å². The number of carbonyl (C=O) groups is 1. The highest BCUT2D eigenvalue weighted by Gasteiger charge is 2.29. The van der Waals surface area contributed by atoms with Gasteiger partial charge in [0.1, 0.15) is 0 Å². The summed E-state index contributed by atoms with van der Waals surface area (Å²) in [5.74, 6) is 0.147. The van der Waals surface area contributed by atoms with Gasteiger partial charge in [-0.3, -0.25) is 4.79 Å². The van der Waals surface area contributed by atoms with Crippen LogP contribution in [0.1, 0.15) is 40.5 Å². The molecule has 1 unspecified atom stereocenters. The predicted octanol–water partition coefficient (Wildman–Crippen LogP) is 1.54. The van der Waals surface area contributed by atoms with Crippen LogP contribution in [-0.2, 0) is 4.79 Å². The van der Waals surface area contributed by atoms with Gasteiger partial charge >= 0.3 is 0 Å². The molecule has 3 heteroatoms. The molecule has 0 aromatic heterocycles. The van der Waals surface area contributed by atoms with Gasteiger partial charge in [-0.1, -0.05) is 27.7 Å². The van der Waals surface area contributed by atoms with E-state index in [0.29, 0.717) is 0 Å². The number of nitrogens with one attached hydrogen (secondary N) is 2. The number of piperidine rings is 1. The van der Waals surface area contributed by atoms with E-state index in [2.05, 4.69) is 17.6 Å². The predicted molar refractivity (Wildman–Crippen MR) is 62.7 cm³/mol. The van der Waals surface area contributed by atoms with Crippen LogP contribution in [0.2, 0.25) is 0 Å². The summed E-state index contributed by atoms with van der Waals surface area (Å²) in [7, 11) is 0. The topological polar surface area (TPSA) is 41.1 Å². The Kier molecular flexibility index (Phi) is 3.77. The van der Waals surface area contributed by atoms with Crippen molar-refractivity contribution in [2.24, 2.45) is 10.8 Å². The van der Waals surface area contributed by atoms with E-state index in [1.807, 2.05) is 20.8 Å². The van der Waals surface area contributed by atoms with Crippen molar-refractivity contribution in [3.8, 4) is 0 Å². The lowest BCUT2D eigenvalue weighted by Crippen LogP contribution is -2.47. The zero-order valence-corrected chi connectivity index (χ0v) is 10.4. The first-order chi connectivity index (χ1) is 6.83. The number of amides is 1. The van der Waals surface area contributed by atoms with Gasteiger partial charge in [0.25, 0.3) is 0 Å². The van der Waals surface area contributed by atoms with Gasteiger partial charge in [-0.05, 0) is 24.8 Å². The summed E-state index contributed by atoms with van der Waals surface area (Å²) in [5, 5.41) is 6.44. The summed E-state index contributed by atoms with van der Waals surface area (Å²) >= 11 is 0. The summed E-state index contributed by atoms with van der Waals surface area (Å²) in [6.45, 7) is 11.0. The highest BCUT2D eigenvalue weighted by molar-refractivity contribution is 5.81. The third-order valence-corrected chi connectivity index (χ3v) is 3.04. The van der Waals surface area contributed by atoms with Crippen LogP contribution < -0.4 is 10.6 Å². The van der Waals surface area contributed by atoms with Gasteiger partial charge in [0, 0.05) is 18.5 Å². The Bertz CT molecular complexity index is 224. The molecule has 2 N–H and O–H groups in total. The summed E-state index contributed by atoms with van der Waals surface area (Å²) in [5.41, 5.74) is -0.0440. The van der Waals surface area contributed by atoms with Crippen molar-refractivity contribution in [3.63, 3.8) is 0 Å². The molecule has 1 aliphatic rings. The Morgan fingerprint density at radius 3 is 2.60 bits per heavy atom. The number of rotatable bonds is 2. The van der Waals surface area contributed by atoms with Crippen LogP contribution in [0.5, 0.6) is 0 Å². The van der Waals surface area contributed by atoms with Gasteiger partial charge in [-0.15, -0.1) is 0 Å². The van der Waals surface area contributed by atoms with E-state index in [1.165, 1.54) is 12.8 Å². The molecule has 1 amide bonds.